The van der Waals surface area contributed by atoms with Gasteiger partial charge in [0.2, 0.25) is 0 Å². The predicted molar refractivity (Wildman–Crippen MR) is 35.3 cm³/mol. The van der Waals surface area contributed by atoms with Crippen molar-refractivity contribution in [1.29, 1.82) is 0 Å². The van der Waals surface area contributed by atoms with E-state index in [0.717, 1.165) is 0 Å². The van der Waals surface area contributed by atoms with Crippen molar-refractivity contribution in [3.8, 4) is 0 Å². The van der Waals surface area contributed by atoms with Gasteiger partial charge in [-0.05, 0) is 0 Å². The Labute approximate surface area is 71.2 Å². The number of rotatable bonds is 1. The Balaban J connectivity index is -0.0000000417. The summed E-state index contributed by atoms with van der Waals surface area (Å²) in [6, 6.07) is 0. The molecule has 0 aromatic heterocycles. The summed E-state index contributed by atoms with van der Waals surface area (Å²) in [5.41, 5.74) is 0. The van der Waals surface area contributed by atoms with Gasteiger partial charge in [0.1, 0.15) is 0 Å². The summed E-state index contributed by atoms with van der Waals surface area (Å²) < 4.78 is 5.20. The second kappa shape index (κ2) is 9.30. The zero-order valence-electron chi connectivity index (χ0n) is 5.79. The normalized spacial score (nSPS) is 8.00. The van der Waals surface area contributed by atoms with Gasteiger partial charge in [-0.15, -0.1) is 0 Å². The second-order valence-electron chi connectivity index (χ2n) is 2.19. The van der Waals surface area contributed by atoms with Crippen LogP contribution >= 0.6 is 0 Å². The Morgan fingerprint density at radius 1 is 1.00 bits per heavy atom. The van der Waals surface area contributed by atoms with E-state index in [1.165, 1.54) is 19.6 Å². The van der Waals surface area contributed by atoms with E-state index in [0.29, 0.717) is 0 Å². The van der Waals surface area contributed by atoms with E-state index in [1.807, 2.05) is 0 Å². The molecule has 0 radical (unpaired) electrons. The zero-order chi connectivity index (χ0) is 5.21. The SMILES string of the molecule is O.O.O.[CH3][Sn]([CH3])([CH3])[O][Re]. The Morgan fingerprint density at radius 3 is 1.11 bits per heavy atom. The van der Waals surface area contributed by atoms with Crippen LogP contribution in [0.5, 0.6) is 0 Å². The Kier molecular flexibility index (Phi) is 23.2. The van der Waals surface area contributed by atoms with Crippen molar-refractivity contribution in [2.45, 2.75) is 14.8 Å². The van der Waals surface area contributed by atoms with Gasteiger partial charge in [-0.3, -0.25) is 0 Å². The molecular weight excluding hydrogens is 405 g/mol. The fraction of sp³-hybridized carbons (Fsp3) is 1.00. The third-order valence-electron chi connectivity index (χ3n) is 0.231. The van der Waals surface area contributed by atoms with Gasteiger partial charge in [0, 0.05) is 0 Å². The van der Waals surface area contributed by atoms with Crippen LogP contribution in [0.25, 0.3) is 0 Å². The van der Waals surface area contributed by atoms with Gasteiger partial charge in [-0.2, -0.15) is 0 Å². The fourth-order valence-corrected chi connectivity index (χ4v) is 0. The molecule has 0 unspecified atom stereocenters. The second-order valence-corrected chi connectivity index (χ2v) is 18.4. The molecular formula is C3H15O4ReSn. The van der Waals surface area contributed by atoms with Crippen molar-refractivity contribution >= 4 is 18.8 Å². The Morgan fingerprint density at radius 2 is 1.11 bits per heavy atom. The first-order chi connectivity index (χ1) is 2.56. The summed E-state index contributed by atoms with van der Waals surface area (Å²) in [5, 5.41) is 0. The van der Waals surface area contributed by atoms with Crippen LogP contribution in [-0.2, 0) is 21.4 Å². The summed E-state index contributed by atoms with van der Waals surface area (Å²) in [6.07, 6.45) is 0. The third-order valence-corrected chi connectivity index (χ3v) is 12.7. The van der Waals surface area contributed by atoms with Crippen LogP contribution in [0.15, 0.2) is 0 Å². The van der Waals surface area contributed by atoms with Crippen molar-refractivity contribution in [3.05, 3.63) is 0 Å². The molecule has 0 aromatic rings. The number of hydrogen-bond acceptors (Lipinski definition) is 1. The van der Waals surface area contributed by atoms with Crippen molar-refractivity contribution in [2.24, 2.45) is 0 Å². The minimum absolute atomic E-state index is 0. The van der Waals surface area contributed by atoms with E-state index in [9.17, 15) is 0 Å². The van der Waals surface area contributed by atoms with Gasteiger partial charge < -0.3 is 16.4 Å². The first-order valence-corrected chi connectivity index (χ1v) is 12.7. The molecule has 0 aliphatic heterocycles. The maximum atomic E-state index is 5.20. The van der Waals surface area contributed by atoms with Crippen LogP contribution in [-0.4, -0.2) is 35.2 Å². The number of hydrogen-bond donors (Lipinski definition) is 0. The molecule has 0 bridgehead atoms. The first kappa shape index (κ1) is 22.4. The van der Waals surface area contributed by atoms with Crippen LogP contribution in [0, 0.1) is 0 Å². The fourth-order valence-electron chi connectivity index (χ4n) is 0. The van der Waals surface area contributed by atoms with Crippen LogP contribution < -0.4 is 0 Å². The van der Waals surface area contributed by atoms with Crippen molar-refractivity contribution in [1.82, 2.24) is 0 Å². The van der Waals surface area contributed by atoms with E-state index in [2.05, 4.69) is 14.8 Å². The van der Waals surface area contributed by atoms with Crippen LogP contribution in [0.2, 0.25) is 14.8 Å². The van der Waals surface area contributed by atoms with Crippen LogP contribution in [0.1, 0.15) is 0 Å². The molecule has 0 atom stereocenters. The minimum atomic E-state index is -1.71. The summed E-state index contributed by atoms with van der Waals surface area (Å²) in [6.45, 7) is 0. The maximum absolute atomic E-state index is 5.20. The molecule has 0 saturated carbocycles. The molecule has 0 aliphatic carbocycles. The standard InChI is InChI=1S/3CH3.3H2O.O.Re.Sn/h3*1H3;3*1H2;;;. The average Bonchev–Trinajstić information content (AvgIpc) is 1.35. The van der Waals surface area contributed by atoms with Gasteiger partial charge in [-0.1, -0.05) is 0 Å². The van der Waals surface area contributed by atoms with E-state index in [-0.39, 0.29) is 16.4 Å². The molecule has 0 amide bonds. The van der Waals surface area contributed by atoms with Crippen molar-refractivity contribution in [3.63, 3.8) is 0 Å². The molecule has 0 fully saturated rings. The molecule has 6 N–H and O–H groups in total. The van der Waals surface area contributed by atoms with Gasteiger partial charge in [0.25, 0.3) is 0 Å². The molecule has 6 heteroatoms. The Hall–Kier alpha value is 1.30. The van der Waals surface area contributed by atoms with Crippen molar-refractivity contribution < 1.29 is 37.8 Å². The average molecular weight is 420 g/mol. The molecule has 0 rings (SSSR count). The molecule has 4 nitrogen and oxygen atoms in total. The summed E-state index contributed by atoms with van der Waals surface area (Å²) in [4.78, 5) is 6.73. The van der Waals surface area contributed by atoms with Gasteiger partial charge in [-0.25, -0.2) is 0 Å². The van der Waals surface area contributed by atoms with Crippen molar-refractivity contribution in [2.75, 3.05) is 0 Å². The van der Waals surface area contributed by atoms with Crippen LogP contribution in [0.3, 0.4) is 0 Å². The first-order valence-electron chi connectivity index (χ1n) is 1.86. The molecule has 0 aliphatic rings. The summed E-state index contributed by atoms with van der Waals surface area (Å²) in [7, 11) is 0. The molecule has 0 heterocycles. The topological polar surface area (TPSA) is 104 Å². The van der Waals surface area contributed by atoms with Gasteiger partial charge in [0.05, 0.1) is 0 Å². The van der Waals surface area contributed by atoms with Crippen LogP contribution in [0.4, 0.5) is 0 Å². The van der Waals surface area contributed by atoms with E-state index in [4.69, 9.17) is 1.80 Å². The quantitative estimate of drug-likeness (QED) is 0.491. The molecule has 62 valence electrons. The molecule has 0 saturated heterocycles. The third kappa shape index (κ3) is 26.8. The predicted octanol–water partition coefficient (Wildman–Crippen LogP) is -1.17. The van der Waals surface area contributed by atoms with E-state index < -0.39 is 18.8 Å². The Bertz CT molecular complexity index is 45.6. The van der Waals surface area contributed by atoms with Gasteiger partial charge in [0.15, 0.2) is 0 Å². The molecule has 0 spiro atoms. The van der Waals surface area contributed by atoms with E-state index >= 15 is 0 Å². The van der Waals surface area contributed by atoms with E-state index in [1.54, 1.807) is 0 Å². The summed E-state index contributed by atoms with van der Waals surface area (Å²) >= 11 is -0.249. The monoisotopic (exact) mass is 422 g/mol. The van der Waals surface area contributed by atoms with Gasteiger partial charge >= 0.3 is 55.0 Å². The summed E-state index contributed by atoms with van der Waals surface area (Å²) in [5.74, 6) is 0. The molecule has 9 heavy (non-hydrogen) atoms. The molecule has 0 aromatic carbocycles. The zero-order valence-corrected chi connectivity index (χ0v) is 11.4.